The van der Waals surface area contributed by atoms with E-state index in [0.717, 1.165) is 35.5 Å². The van der Waals surface area contributed by atoms with Crippen LogP contribution in [0.4, 0.5) is 18.9 Å². The summed E-state index contributed by atoms with van der Waals surface area (Å²) in [4.78, 5) is 14.4. The average Bonchev–Trinajstić information content (AvgIpc) is 2.68. The van der Waals surface area contributed by atoms with E-state index in [1.165, 1.54) is 18.3 Å². The first-order chi connectivity index (χ1) is 14.4. The molecule has 8 heteroatoms. The minimum absolute atomic E-state index is 0.136. The maximum Gasteiger partial charge on any atom is 0.416 e. The third-order valence-electron chi connectivity index (χ3n) is 5.23. The van der Waals surface area contributed by atoms with Gasteiger partial charge in [0.2, 0.25) is 0 Å². The predicted octanol–water partition coefficient (Wildman–Crippen LogP) is 6.14. The van der Waals surface area contributed by atoms with Gasteiger partial charge in [0.15, 0.2) is 0 Å². The number of carbonyl (C=O) groups is 1. The molecule has 0 aliphatic carbocycles. The van der Waals surface area contributed by atoms with Crippen LogP contribution in [0.3, 0.4) is 0 Å². The Morgan fingerprint density at radius 2 is 1.97 bits per heavy atom. The van der Waals surface area contributed by atoms with Crippen LogP contribution < -0.4 is 10.3 Å². The second-order valence-corrected chi connectivity index (χ2v) is 8.30. The van der Waals surface area contributed by atoms with E-state index >= 15 is 0 Å². The van der Waals surface area contributed by atoms with Crippen LogP contribution in [0, 0.1) is 0 Å². The number of likely N-dealkylation sites (N-methyl/N-ethyl adjacent to an activating group) is 1. The van der Waals surface area contributed by atoms with Gasteiger partial charge in [-0.3, -0.25) is 4.79 Å². The minimum Gasteiger partial charge on any atom is -0.363 e. The number of hydrogen-bond donors (Lipinski definition) is 1. The third-order valence-corrected chi connectivity index (χ3v) is 5.56. The Balaban J connectivity index is 1.83. The second kappa shape index (κ2) is 8.38. The van der Waals surface area contributed by atoms with Crippen molar-refractivity contribution >= 4 is 35.0 Å². The number of nitrogens with one attached hydrogen (secondary N) is 1. The molecule has 0 saturated heterocycles. The number of rotatable bonds is 4. The van der Waals surface area contributed by atoms with E-state index in [1.807, 2.05) is 19.1 Å². The summed E-state index contributed by atoms with van der Waals surface area (Å²) >= 11 is 6.45. The van der Waals surface area contributed by atoms with Crippen LogP contribution in [-0.4, -0.2) is 24.2 Å². The monoisotopic (exact) mass is 449 g/mol. The Hall–Kier alpha value is -2.80. The highest BCUT2D eigenvalue weighted by Crippen LogP contribution is 2.41. The lowest BCUT2D eigenvalue weighted by molar-refractivity contribution is -0.137. The van der Waals surface area contributed by atoms with Crippen molar-refractivity contribution in [3.8, 4) is 0 Å². The molecule has 4 nitrogen and oxygen atoms in total. The maximum atomic E-state index is 12.8. The number of benzene rings is 2. The first-order valence-corrected chi connectivity index (χ1v) is 10.1. The molecule has 0 saturated carbocycles. The lowest BCUT2D eigenvalue weighted by Crippen LogP contribution is -2.44. The van der Waals surface area contributed by atoms with Gasteiger partial charge in [-0.05, 0) is 63.6 Å². The molecule has 1 amide bonds. The Morgan fingerprint density at radius 1 is 1.26 bits per heavy atom. The van der Waals surface area contributed by atoms with Crippen molar-refractivity contribution in [1.29, 1.82) is 0 Å². The summed E-state index contributed by atoms with van der Waals surface area (Å²) in [5, 5.41) is 4.35. The molecule has 1 heterocycles. The quantitative estimate of drug-likeness (QED) is 0.449. The molecule has 2 aromatic carbocycles. The molecule has 1 aliphatic rings. The van der Waals surface area contributed by atoms with Crippen molar-refractivity contribution in [3.05, 3.63) is 69.8 Å². The molecule has 0 fully saturated rings. The Kier molecular flexibility index (Phi) is 6.18. The molecule has 0 radical (unpaired) electrons. The zero-order valence-corrected chi connectivity index (χ0v) is 18.4. The number of hydrazone groups is 1. The van der Waals surface area contributed by atoms with E-state index in [4.69, 9.17) is 11.6 Å². The zero-order chi connectivity index (χ0) is 23.0. The molecule has 1 aliphatic heterocycles. The molecular weight excluding hydrogens is 427 g/mol. The SMILES string of the molecule is CCN1c2cc(Cl)c(/C=N\NC(=O)c3cccc(C(F)(F)F)c3)cc2C(C)=CC1(C)C. The molecule has 0 unspecified atom stereocenters. The molecular formula is C23H23ClF3N3O. The molecule has 0 bridgehead atoms. The van der Waals surface area contributed by atoms with Gasteiger partial charge in [0, 0.05) is 28.9 Å². The van der Waals surface area contributed by atoms with Crippen LogP contribution in [0.25, 0.3) is 5.57 Å². The van der Waals surface area contributed by atoms with Gasteiger partial charge in [-0.15, -0.1) is 0 Å². The average molecular weight is 450 g/mol. The summed E-state index contributed by atoms with van der Waals surface area (Å²) in [7, 11) is 0. The van der Waals surface area contributed by atoms with Crippen molar-refractivity contribution in [2.75, 3.05) is 11.4 Å². The number of halogens is 4. The molecule has 1 N–H and O–H groups in total. The number of alkyl halides is 3. The van der Waals surface area contributed by atoms with Gasteiger partial charge in [0.1, 0.15) is 0 Å². The van der Waals surface area contributed by atoms with Gasteiger partial charge in [0.05, 0.1) is 22.3 Å². The predicted molar refractivity (Wildman–Crippen MR) is 119 cm³/mol. The number of anilines is 1. The molecule has 0 aromatic heterocycles. The lowest BCUT2D eigenvalue weighted by atomic mass is 9.88. The topological polar surface area (TPSA) is 44.7 Å². The number of amides is 1. The van der Waals surface area contributed by atoms with Crippen molar-refractivity contribution in [1.82, 2.24) is 5.43 Å². The summed E-state index contributed by atoms with van der Waals surface area (Å²) < 4.78 is 38.5. The molecule has 0 atom stereocenters. The van der Waals surface area contributed by atoms with Gasteiger partial charge in [-0.25, -0.2) is 5.43 Å². The van der Waals surface area contributed by atoms with E-state index in [0.29, 0.717) is 10.6 Å². The van der Waals surface area contributed by atoms with E-state index in [2.05, 4.69) is 42.3 Å². The molecule has 3 rings (SSSR count). The van der Waals surface area contributed by atoms with Gasteiger partial charge < -0.3 is 4.90 Å². The maximum absolute atomic E-state index is 12.8. The van der Waals surface area contributed by atoms with Crippen LogP contribution >= 0.6 is 11.6 Å². The van der Waals surface area contributed by atoms with Gasteiger partial charge in [-0.2, -0.15) is 18.3 Å². The fourth-order valence-electron chi connectivity index (χ4n) is 3.85. The molecule has 31 heavy (non-hydrogen) atoms. The largest absolute Gasteiger partial charge is 0.416 e. The fourth-order valence-corrected chi connectivity index (χ4v) is 4.06. The Bertz CT molecular complexity index is 1070. The summed E-state index contributed by atoms with van der Waals surface area (Å²) in [6, 6.07) is 7.92. The Labute approximate surface area is 184 Å². The van der Waals surface area contributed by atoms with E-state index in [1.54, 1.807) is 0 Å². The van der Waals surface area contributed by atoms with Gasteiger partial charge in [-0.1, -0.05) is 23.7 Å². The van der Waals surface area contributed by atoms with E-state index < -0.39 is 17.6 Å². The number of fused-ring (bicyclic) bond motifs is 1. The molecule has 164 valence electrons. The number of carbonyl (C=O) groups excluding carboxylic acids is 1. The standard InChI is InChI=1S/C23H23ClF3N3O/c1-5-30-20-11-19(24)16(10-18(20)14(2)12-22(30,3)4)13-28-29-21(31)15-7-6-8-17(9-15)23(25,26)27/h6-13H,5H2,1-4H3,(H,29,31)/b28-13-. The van der Waals surface area contributed by atoms with Crippen molar-refractivity contribution in [3.63, 3.8) is 0 Å². The van der Waals surface area contributed by atoms with Crippen LogP contribution in [0.15, 0.2) is 47.6 Å². The number of allylic oxidation sites excluding steroid dienone is 1. The van der Waals surface area contributed by atoms with E-state index in [-0.39, 0.29) is 11.1 Å². The lowest BCUT2D eigenvalue weighted by Gasteiger charge is -2.43. The molecule has 0 spiro atoms. The third kappa shape index (κ3) is 4.77. The summed E-state index contributed by atoms with van der Waals surface area (Å²) in [5.41, 5.74) is 4.79. The Morgan fingerprint density at radius 3 is 2.61 bits per heavy atom. The molecule has 2 aromatic rings. The summed E-state index contributed by atoms with van der Waals surface area (Å²) in [5.74, 6) is -0.744. The highest BCUT2D eigenvalue weighted by atomic mass is 35.5. The highest BCUT2D eigenvalue weighted by Gasteiger charge is 2.31. The zero-order valence-electron chi connectivity index (χ0n) is 17.6. The summed E-state index contributed by atoms with van der Waals surface area (Å²) in [6.07, 6.45) is -0.955. The fraction of sp³-hybridized carbons (Fsp3) is 0.304. The van der Waals surface area contributed by atoms with Crippen LogP contribution in [0.1, 0.15) is 54.7 Å². The van der Waals surface area contributed by atoms with Crippen molar-refractivity contribution in [2.45, 2.75) is 39.4 Å². The number of nitrogens with zero attached hydrogens (tertiary/aromatic N) is 2. The van der Waals surface area contributed by atoms with Gasteiger partial charge in [0.25, 0.3) is 5.91 Å². The number of hydrogen-bond acceptors (Lipinski definition) is 3. The first-order valence-electron chi connectivity index (χ1n) is 9.75. The van der Waals surface area contributed by atoms with Crippen LogP contribution in [0.5, 0.6) is 0 Å². The smallest absolute Gasteiger partial charge is 0.363 e. The van der Waals surface area contributed by atoms with Gasteiger partial charge >= 0.3 is 6.18 Å². The van der Waals surface area contributed by atoms with Crippen LogP contribution in [-0.2, 0) is 6.18 Å². The van der Waals surface area contributed by atoms with Crippen molar-refractivity contribution in [2.24, 2.45) is 5.10 Å². The van der Waals surface area contributed by atoms with Crippen molar-refractivity contribution < 1.29 is 18.0 Å². The van der Waals surface area contributed by atoms with Crippen LogP contribution in [0.2, 0.25) is 5.02 Å². The second-order valence-electron chi connectivity index (χ2n) is 7.89. The summed E-state index contributed by atoms with van der Waals surface area (Å²) in [6.45, 7) is 9.18. The minimum atomic E-state index is -4.53. The normalized spacial score (nSPS) is 15.6. The first kappa shape index (κ1) is 22.9. The van der Waals surface area contributed by atoms with E-state index in [9.17, 15) is 18.0 Å². The highest BCUT2D eigenvalue weighted by molar-refractivity contribution is 6.33.